The molecule has 23 heavy (non-hydrogen) atoms. The molecule has 0 spiro atoms. The Kier molecular flexibility index (Phi) is 5.03. The molecular weight excluding hydrogens is 294 g/mol. The number of nitrogens with two attached hydrogens (primary N) is 2. The Morgan fingerprint density at radius 3 is 2.78 bits per heavy atom. The molecule has 2 aromatic rings. The number of amidine groups is 1. The average molecular weight is 311 g/mol. The third-order valence-corrected chi connectivity index (χ3v) is 2.80. The van der Waals surface area contributed by atoms with E-state index in [0.717, 1.165) is 0 Å². The number of allylic oxidation sites excluding steroid dienone is 1. The van der Waals surface area contributed by atoms with Crippen LogP contribution in [0.1, 0.15) is 23.1 Å². The van der Waals surface area contributed by atoms with Crippen molar-refractivity contribution in [3.63, 3.8) is 0 Å². The minimum Gasteiger partial charge on any atom is -0.497 e. The molecule has 1 aromatic heterocycles. The maximum Gasteiger partial charge on any atom is 0.230 e. The second kappa shape index (κ2) is 7.17. The van der Waals surface area contributed by atoms with Crippen molar-refractivity contribution in [2.45, 2.75) is 6.92 Å². The Morgan fingerprint density at radius 2 is 2.09 bits per heavy atom. The fraction of sp³-hybridized carbons (Fsp3) is 0.125. The topological polar surface area (TPSA) is 116 Å². The van der Waals surface area contributed by atoms with Crippen molar-refractivity contribution < 1.29 is 9.53 Å². The van der Waals surface area contributed by atoms with E-state index in [1.54, 1.807) is 37.3 Å². The number of aliphatic imine (C=N–C) groups is 1. The molecule has 0 aliphatic carbocycles. The zero-order valence-corrected chi connectivity index (χ0v) is 12.9. The number of ketones is 1. The molecule has 0 atom stereocenters. The molecule has 0 radical (unpaired) electrons. The van der Waals surface area contributed by atoms with Crippen LogP contribution in [-0.2, 0) is 0 Å². The summed E-state index contributed by atoms with van der Waals surface area (Å²) < 4.78 is 5.10. The van der Waals surface area contributed by atoms with Crippen LogP contribution in [0.3, 0.4) is 0 Å². The summed E-state index contributed by atoms with van der Waals surface area (Å²) in [5, 5.41) is 0. The quantitative estimate of drug-likeness (QED) is 0.492. The van der Waals surface area contributed by atoms with Gasteiger partial charge < -0.3 is 16.2 Å². The fourth-order valence-corrected chi connectivity index (χ4v) is 1.81. The van der Waals surface area contributed by atoms with Gasteiger partial charge in [0.15, 0.2) is 5.82 Å². The van der Waals surface area contributed by atoms with Crippen LogP contribution >= 0.6 is 0 Å². The molecule has 1 aromatic carbocycles. The summed E-state index contributed by atoms with van der Waals surface area (Å²) in [6.07, 6.45) is 2.96. The number of carbonyl (C=O) groups is 1. The molecular formula is C16H17N5O2. The molecule has 7 nitrogen and oxygen atoms in total. The van der Waals surface area contributed by atoms with E-state index in [9.17, 15) is 4.79 Å². The maximum absolute atomic E-state index is 12.4. The van der Waals surface area contributed by atoms with Crippen molar-refractivity contribution in [1.29, 1.82) is 0 Å². The zero-order chi connectivity index (χ0) is 16.8. The van der Waals surface area contributed by atoms with Crippen molar-refractivity contribution >= 4 is 17.4 Å². The first-order valence-corrected chi connectivity index (χ1v) is 6.79. The average Bonchev–Trinajstić information content (AvgIpc) is 2.53. The summed E-state index contributed by atoms with van der Waals surface area (Å²) in [4.78, 5) is 24.6. The summed E-state index contributed by atoms with van der Waals surface area (Å²) in [6, 6.07) is 8.31. The van der Waals surface area contributed by atoms with Crippen molar-refractivity contribution in [1.82, 2.24) is 9.97 Å². The number of carbonyl (C=O) groups excluding carboxylic acids is 1. The Balaban J connectivity index is 2.32. The van der Waals surface area contributed by atoms with Gasteiger partial charge in [0, 0.05) is 23.5 Å². The van der Waals surface area contributed by atoms with E-state index in [2.05, 4.69) is 15.0 Å². The molecule has 7 heteroatoms. The summed E-state index contributed by atoms with van der Waals surface area (Å²) in [6.45, 7) is 1.69. The van der Waals surface area contributed by atoms with Crippen molar-refractivity contribution in [3.8, 4) is 5.75 Å². The van der Waals surface area contributed by atoms with Gasteiger partial charge in [0.2, 0.25) is 11.6 Å². The van der Waals surface area contributed by atoms with Crippen LogP contribution < -0.4 is 16.2 Å². The van der Waals surface area contributed by atoms with Gasteiger partial charge in [0.25, 0.3) is 0 Å². The van der Waals surface area contributed by atoms with Gasteiger partial charge in [-0.05, 0) is 25.1 Å². The van der Waals surface area contributed by atoms with Gasteiger partial charge in [-0.3, -0.25) is 4.79 Å². The molecule has 0 amide bonds. The molecule has 0 unspecified atom stereocenters. The lowest BCUT2D eigenvalue weighted by atomic mass is 10.1. The molecule has 2 rings (SSSR count). The van der Waals surface area contributed by atoms with Gasteiger partial charge in [-0.2, -0.15) is 0 Å². The Hall–Kier alpha value is -3.22. The van der Waals surface area contributed by atoms with Crippen LogP contribution in [-0.4, -0.2) is 28.7 Å². The second-order valence-corrected chi connectivity index (χ2v) is 4.72. The Morgan fingerprint density at radius 1 is 1.30 bits per heavy atom. The lowest BCUT2D eigenvalue weighted by Gasteiger charge is -2.03. The number of benzene rings is 1. The van der Waals surface area contributed by atoms with Crippen molar-refractivity contribution in [3.05, 3.63) is 59.7 Å². The number of nitrogens with zero attached hydrogens (tertiary/aromatic N) is 3. The smallest absolute Gasteiger partial charge is 0.230 e. The minimum atomic E-state index is -0.329. The summed E-state index contributed by atoms with van der Waals surface area (Å²) in [5.74, 6) is 0.758. The first-order valence-electron chi connectivity index (χ1n) is 6.79. The zero-order valence-electron chi connectivity index (χ0n) is 12.9. The first kappa shape index (κ1) is 16.2. The van der Waals surface area contributed by atoms with Crippen LogP contribution in [0, 0.1) is 0 Å². The molecule has 4 N–H and O–H groups in total. The van der Waals surface area contributed by atoms with Crippen LogP contribution in [0.5, 0.6) is 5.75 Å². The predicted octanol–water partition coefficient (Wildman–Crippen LogP) is 1.57. The molecule has 118 valence electrons. The van der Waals surface area contributed by atoms with Crippen LogP contribution in [0.2, 0.25) is 0 Å². The molecule has 0 saturated carbocycles. The van der Waals surface area contributed by atoms with Gasteiger partial charge in [0.05, 0.1) is 7.11 Å². The second-order valence-electron chi connectivity index (χ2n) is 4.72. The molecule has 0 bridgehead atoms. The monoisotopic (exact) mass is 311 g/mol. The highest BCUT2D eigenvalue weighted by Gasteiger charge is 2.13. The highest BCUT2D eigenvalue weighted by molar-refractivity contribution is 6.06. The largest absolute Gasteiger partial charge is 0.497 e. The van der Waals surface area contributed by atoms with Crippen molar-refractivity contribution in [2.75, 3.05) is 7.11 Å². The number of hydrogen-bond donors (Lipinski definition) is 2. The lowest BCUT2D eigenvalue weighted by molar-refractivity contribution is 0.102. The standard InChI is InChI=1S/C16H17N5O2/c1-10(17)8-13(18)20-14-6-7-19-16(21-14)15(22)11-4-3-5-12(9-11)23-2/h3-9H,17H2,1-2H3,(H2,18,19,20,21)/b10-8-. The molecule has 0 aliphatic rings. The Labute approximate surface area is 133 Å². The van der Waals surface area contributed by atoms with E-state index in [1.165, 1.54) is 19.4 Å². The van der Waals surface area contributed by atoms with Gasteiger partial charge >= 0.3 is 0 Å². The third-order valence-electron chi connectivity index (χ3n) is 2.80. The molecule has 1 heterocycles. The van der Waals surface area contributed by atoms with Crippen LogP contribution in [0.15, 0.2) is 53.3 Å². The van der Waals surface area contributed by atoms with Gasteiger partial charge in [-0.1, -0.05) is 12.1 Å². The minimum absolute atomic E-state index is 0.0285. The van der Waals surface area contributed by atoms with Gasteiger partial charge in [-0.15, -0.1) is 0 Å². The summed E-state index contributed by atoms with van der Waals surface area (Å²) >= 11 is 0. The van der Waals surface area contributed by atoms with E-state index in [-0.39, 0.29) is 23.3 Å². The van der Waals surface area contributed by atoms with Crippen LogP contribution in [0.25, 0.3) is 0 Å². The van der Waals surface area contributed by atoms with E-state index in [0.29, 0.717) is 17.0 Å². The van der Waals surface area contributed by atoms with Crippen LogP contribution in [0.4, 0.5) is 5.82 Å². The molecule has 0 saturated heterocycles. The number of hydrogen-bond acceptors (Lipinski definition) is 6. The van der Waals surface area contributed by atoms with Gasteiger partial charge in [0.1, 0.15) is 11.6 Å². The van der Waals surface area contributed by atoms with E-state index >= 15 is 0 Å². The predicted molar refractivity (Wildman–Crippen MR) is 87.7 cm³/mol. The normalized spacial score (nSPS) is 12.1. The third kappa shape index (κ3) is 4.37. The summed E-state index contributed by atoms with van der Waals surface area (Å²) in [7, 11) is 1.53. The first-order chi connectivity index (χ1) is 11.0. The van der Waals surface area contributed by atoms with Gasteiger partial charge in [-0.25, -0.2) is 15.0 Å². The van der Waals surface area contributed by atoms with E-state index in [1.807, 2.05) is 0 Å². The van der Waals surface area contributed by atoms with E-state index in [4.69, 9.17) is 16.2 Å². The Bertz CT molecular complexity index is 780. The summed E-state index contributed by atoms with van der Waals surface area (Å²) in [5.41, 5.74) is 12.2. The van der Waals surface area contributed by atoms with E-state index < -0.39 is 0 Å². The SMILES string of the molecule is COc1cccc(C(=O)c2nccc(N=C(N)/C=C(/C)N)n2)c1. The van der Waals surface area contributed by atoms with Crippen molar-refractivity contribution in [2.24, 2.45) is 16.5 Å². The highest BCUT2D eigenvalue weighted by Crippen LogP contribution is 2.16. The number of methoxy groups -OCH3 is 1. The molecule has 0 aliphatic heterocycles. The maximum atomic E-state index is 12.4. The number of ether oxygens (including phenoxy) is 1. The molecule has 0 fully saturated rings. The lowest BCUT2D eigenvalue weighted by Crippen LogP contribution is -2.11. The number of rotatable bonds is 5. The number of aromatic nitrogens is 2. The fourth-order valence-electron chi connectivity index (χ4n) is 1.81. The highest BCUT2D eigenvalue weighted by atomic mass is 16.5.